The molecule has 0 aromatic carbocycles. The number of methoxy groups -OCH3 is 1. The summed E-state index contributed by atoms with van der Waals surface area (Å²) in [6.45, 7) is 8.10. The Bertz CT molecular complexity index is 180. The first-order valence-electron chi connectivity index (χ1n) is 4.96. The summed E-state index contributed by atoms with van der Waals surface area (Å²) in [6.07, 6.45) is 0.114. The largest absolute Gasteiger partial charge is 0.481 e. The van der Waals surface area contributed by atoms with Crippen molar-refractivity contribution in [2.45, 2.75) is 32.7 Å². The van der Waals surface area contributed by atoms with Crippen LogP contribution in [0.25, 0.3) is 0 Å². The maximum absolute atomic E-state index is 10.7. The minimum absolute atomic E-state index is 0.114. The molecule has 0 bridgehead atoms. The summed E-state index contributed by atoms with van der Waals surface area (Å²) in [6, 6.07) is 0. The van der Waals surface area contributed by atoms with Gasteiger partial charge < -0.3 is 9.84 Å². The molecule has 1 atom stereocenters. The van der Waals surface area contributed by atoms with Gasteiger partial charge in [0.15, 0.2) is 0 Å². The molecule has 4 heteroatoms. The van der Waals surface area contributed by atoms with Crippen LogP contribution in [0.3, 0.4) is 0 Å². The highest BCUT2D eigenvalue weighted by Crippen LogP contribution is 2.19. The third kappa shape index (κ3) is 3.64. The maximum atomic E-state index is 10.7. The number of rotatable bonds is 7. The molecule has 0 aliphatic rings. The topological polar surface area (TPSA) is 49.8 Å². The zero-order chi connectivity index (χ0) is 11.2. The summed E-state index contributed by atoms with van der Waals surface area (Å²) in [5.41, 5.74) is -0.399. The molecule has 0 radical (unpaired) electrons. The number of carbonyl (C=O) groups is 1. The fourth-order valence-corrected chi connectivity index (χ4v) is 1.88. The number of aliphatic carboxylic acids is 1. The number of hydrogen-bond donors (Lipinski definition) is 1. The van der Waals surface area contributed by atoms with Crippen LogP contribution in [-0.4, -0.2) is 48.3 Å². The third-order valence-electron chi connectivity index (χ3n) is 2.51. The Morgan fingerprint density at radius 2 is 1.93 bits per heavy atom. The molecule has 1 N–H and O–H groups in total. The van der Waals surface area contributed by atoms with E-state index in [4.69, 9.17) is 9.84 Å². The summed E-state index contributed by atoms with van der Waals surface area (Å²) < 4.78 is 5.09. The molecule has 0 aliphatic heterocycles. The Balaban J connectivity index is 4.57. The molecule has 0 saturated heterocycles. The minimum Gasteiger partial charge on any atom is -0.481 e. The van der Waals surface area contributed by atoms with E-state index in [-0.39, 0.29) is 6.42 Å². The van der Waals surface area contributed by atoms with Crippen LogP contribution in [0.5, 0.6) is 0 Å². The lowest BCUT2D eigenvalue weighted by atomic mass is 9.96. The Morgan fingerprint density at radius 1 is 1.43 bits per heavy atom. The number of likely N-dealkylation sites (N-methyl/N-ethyl adjacent to an activating group) is 1. The van der Waals surface area contributed by atoms with E-state index in [0.717, 1.165) is 13.1 Å². The monoisotopic (exact) mass is 203 g/mol. The molecule has 0 saturated carbocycles. The van der Waals surface area contributed by atoms with Crippen LogP contribution in [0.15, 0.2) is 0 Å². The quantitative estimate of drug-likeness (QED) is 0.675. The van der Waals surface area contributed by atoms with Crippen LogP contribution in [-0.2, 0) is 9.53 Å². The molecule has 0 spiro atoms. The van der Waals surface area contributed by atoms with Gasteiger partial charge in [-0.1, -0.05) is 13.8 Å². The molecular formula is C10H21NO3. The molecule has 0 heterocycles. The van der Waals surface area contributed by atoms with Crippen molar-refractivity contribution in [1.82, 2.24) is 4.90 Å². The van der Waals surface area contributed by atoms with E-state index >= 15 is 0 Å². The molecule has 0 aromatic heterocycles. The predicted molar refractivity (Wildman–Crippen MR) is 55.5 cm³/mol. The Morgan fingerprint density at radius 3 is 2.21 bits per heavy atom. The van der Waals surface area contributed by atoms with E-state index in [1.54, 1.807) is 7.11 Å². The van der Waals surface area contributed by atoms with E-state index in [0.29, 0.717) is 6.61 Å². The molecular weight excluding hydrogens is 182 g/mol. The first-order chi connectivity index (χ1) is 6.50. The van der Waals surface area contributed by atoms with Gasteiger partial charge in [-0.15, -0.1) is 0 Å². The SMILES string of the molecule is CCN(CC)C(C)(COC)CC(=O)O. The van der Waals surface area contributed by atoms with Crippen LogP contribution in [0.1, 0.15) is 27.2 Å². The van der Waals surface area contributed by atoms with Crippen molar-refractivity contribution in [3.63, 3.8) is 0 Å². The van der Waals surface area contributed by atoms with Gasteiger partial charge in [0.2, 0.25) is 0 Å². The third-order valence-corrected chi connectivity index (χ3v) is 2.51. The second-order valence-corrected chi connectivity index (χ2v) is 3.67. The average Bonchev–Trinajstić information content (AvgIpc) is 2.04. The van der Waals surface area contributed by atoms with Gasteiger partial charge in [-0.05, 0) is 20.0 Å². The molecule has 1 unspecified atom stereocenters. The van der Waals surface area contributed by atoms with E-state index in [1.165, 1.54) is 0 Å². The van der Waals surface area contributed by atoms with Gasteiger partial charge in [0.1, 0.15) is 0 Å². The van der Waals surface area contributed by atoms with Gasteiger partial charge in [-0.3, -0.25) is 9.69 Å². The Hall–Kier alpha value is -0.610. The van der Waals surface area contributed by atoms with Gasteiger partial charge in [0, 0.05) is 7.11 Å². The van der Waals surface area contributed by atoms with Crippen LogP contribution in [0, 0.1) is 0 Å². The predicted octanol–water partition coefficient (Wildman–Crippen LogP) is 1.21. The molecule has 0 aliphatic carbocycles. The molecule has 0 amide bonds. The summed E-state index contributed by atoms with van der Waals surface area (Å²) in [5.74, 6) is -0.781. The van der Waals surface area contributed by atoms with Gasteiger partial charge >= 0.3 is 5.97 Å². The van der Waals surface area contributed by atoms with Crippen molar-refractivity contribution in [2.75, 3.05) is 26.8 Å². The van der Waals surface area contributed by atoms with Gasteiger partial charge in [0.25, 0.3) is 0 Å². The number of carboxylic acid groups (broad SMARTS) is 1. The fraction of sp³-hybridized carbons (Fsp3) is 0.900. The smallest absolute Gasteiger partial charge is 0.305 e. The van der Waals surface area contributed by atoms with Crippen molar-refractivity contribution in [1.29, 1.82) is 0 Å². The highest BCUT2D eigenvalue weighted by Gasteiger charge is 2.32. The molecule has 84 valence electrons. The van der Waals surface area contributed by atoms with Crippen molar-refractivity contribution < 1.29 is 14.6 Å². The molecule has 14 heavy (non-hydrogen) atoms. The van der Waals surface area contributed by atoms with E-state index in [1.807, 2.05) is 20.8 Å². The minimum atomic E-state index is -0.781. The molecule has 0 fully saturated rings. The van der Waals surface area contributed by atoms with Gasteiger partial charge in [-0.2, -0.15) is 0 Å². The average molecular weight is 203 g/mol. The van der Waals surface area contributed by atoms with Crippen LogP contribution < -0.4 is 0 Å². The standard InChI is InChI=1S/C10H21NO3/c1-5-11(6-2)10(3,8-14-4)7-9(12)13/h5-8H2,1-4H3,(H,12,13). The number of ether oxygens (including phenoxy) is 1. The summed E-state index contributed by atoms with van der Waals surface area (Å²) >= 11 is 0. The maximum Gasteiger partial charge on any atom is 0.305 e. The first kappa shape index (κ1) is 13.4. The number of hydrogen-bond acceptors (Lipinski definition) is 3. The van der Waals surface area contributed by atoms with Crippen molar-refractivity contribution >= 4 is 5.97 Å². The highest BCUT2D eigenvalue weighted by molar-refractivity contribution is 5.68. The van der Waals surface area contributed by atoms with Crippen molar-refractivity contribution in [2.24, 2.45) is 0 Å². The van der Waals surface area contributed by atoms with Crippen LogP contribution in [0.2, 0.25) is 0 Å². The first-order valence-corrected chi connectivity index (χ1v) is 4.96. The summed E-state index contributed by atoms with van der Waals surface area (Å²) in [5, 5.41) is 8.83. The van der Waals surface area contributed by atoms with E-state index in [9.17, 15) is 4.79 Å². The Kier molecular flexibility index (Phi) is 5.72. The molecule has 4 nitrogen and oxygen atoms in total. The van der Waals surface area contributed by atoms with Crippen molar-refractivity contribution in [3.05, 3.63) is 0 Å². The van der Waals surface area contributed by atoms with Crippen molar-refractivity contribution in [3.8, 4) is 0 Å². The lowest BCUT2D eigenvalue weighted by molar-refractivity contribution is -0.141. The summed E-state index contributed by atoms with van der Waals surface area (Å²) in [4.78, 5) is 12.9. The van der Waals surface area contributed by atoms with Crippen LogP contribution in [0.4, 0.5) is 0 Å². The normalized spacial score (nSPS) is 15.5. The second kappa shape index (κ2) is 5.98. The van der Waals surface area contributed by atoms with Gasteiger partial charge in [0.05, 0.1) is 18.6 Å². The molecule has 0 aromatic rings. The van der Waals surface area contributed by atoms with E-state index < -0.39 is 11.5 Å². The zero-order valence-electron chi connectivity index (χ0n) is 9.54. The lowest BCUT2D eigenvalue weighted by Gasteiger charge is -2.38. The van der Waals surface area contributed by atoms with Crippen LogP contribution >= 0.6 is 0 Å². The number of carboxylic acids is 1. The highest BCUT2D eigenvalue weighted by atomic mass is 16.5. The molecule has 0 rings (SSSR count). The second-order valence-electron chi connectivity index (χ2n) is 3.67. The zero-order valence-corrected chi connectivity index (χ0v) is 9.54. The summed E-state index contributed by atoms with van der Waals surface area (Å²) in [7, 11) is 1.60. The van der Waals surface area contributed by atoms with Gasteiger partial charge in [-0.25, -0.2) is 0 Å². The fourth-order valence-electron chi connectivity index (χ4n) is 1.88. The Labute approximate surface area is 85.9 Å². The lowest BCUT2D eigenvalue weighted by Crippen LogP contribution is -2.50. The number of nitrogens with zero attached hydrogens (tertiary/aromatic N) is 1. The van der Waals surface area contributed by atoms with E-state index in [2.05, 4.69) is 4.90 Å².